The minimum atomic E-state index is -0.501. The van der Waals surface area contributed by atoms with Crippen LogP contribution in [0.4, 0.5) is 4.39 Å². The molecule has 17 heavy (non-hydrogen) atoms. The summed E-state index contributed by atoms with van der Waals surface area (Å²) in [5.74, 6) is 0.338. The van der Waals surface area contributed by atoms with E-state index in [1.54, 1.807) is 0 Å². The lowest BCUT2D eigenvalue weighted by Gasteiger charge is -2.21. The Morgan fingerprint density at radius 3 is 2.47 bits per heavy atom. The molecule has 0 aromatic heterocycles. The van der Waals surface area contributed by atoms with Crippen LogP contribution in [0.1, 0.15) is 18.4 Å². The molecule has 1 aliphatic carbocycles. The standard InChI is InChI=1S/C12H15ClFNO2/c1-16-8-5-7(14)10(13)9(11(8)17-2)12(6-15)3-4-12/h5H,3-4,6,15H2,1-2H3. The van der Waals surface area contributed by atoms with Crippen LogP contribution in [0, 0.1) is 5.82 Å². The summed E-state index contributed by atoms with van der Waals surface area (Å²) in [6.07, 6.45) is 1.79. The lowest BCUT2D eigenvalue weighted by Crippen LogP contribution is -2.21. The van der Waals surface area contributed by atoms with E-state index >= 15 is 0 Å². The van der Waals surface area contributed by atoms with Crippen LogP contribution in [0.25, 0.3) is 0 Å². The molecule has 0 heterocycles. The number of hydrogen-bond donors (Lipinski definition) is 1. The molecule has 0 aliphatic heterocycles. The van der Waals surface area contributed by atoms with E-state index in [4.69, 9.17) is 26.8 Å². The first-order valence-electron chi connectivity index (χ1n) is 5.40. The number of nitrogens with two attached hydrogens (primary N) is 1. The molecule has 5 heteroatoms. The maximum Gasteiger partial charge on any atom is 0.166 e. The Hall–Kier alpha value is -1.00. The van der Waals surface area contributed by atoms with Crippen molar-refractivity contribution in [3.05, 3.63) is 22.5 Å². The highest BCUT2D eigenvalue weighted by Gasteiger charge is 2.47. The van der Waals surface area contributed by atoms with Gasteiger partial charge in [0.1, 0.15) is 5.82 Å². The third kappa shape index (κ3) is 1.85. The van der Waals surface area contributed by atoms with Gasteiger partial charge < -0.3 is 15.2 Å². The first kappa shape index (κ1) is 12.5. The van der Waals surface area contributed by atoms with Crippen molar-refractivity contribution in [3.63, 3.8) is 0 Å². The topological polar surface area (TPSA) is 44.5 Å². The van der Waals surface area contributed by atoms with Crippen LogP contribution >= 0.6 is 11.6 Å². The summed E-state index contributed by atoms with van der Waals surface area (Å²) in [7, 11) is 2.99. The van der Waals surface area contributed by atoms with Gasteiger partial charge in [-0.15, -0.1) is 0 Å². The van der Waals surface area contributed by atoms with Crippen LogP contribution in [0.3, 0.4) is 0 Å². The van der Waals surface area contributed by atoms with Crippen molar-refractivity contribution in [1.29, 1.82) is 0 Å². The van der Waals surface area contributed by atoms with E-state index in [-0.39, 0.29) is 10.4 Å². The van der Waals surface area contributed by atoms with Crippen molar-refractivity contribution in [2.45, 2.75) is 18.3 Å². The predicted molar refractivity (Wildman–Crippen MR) is 64.5 cm³/mol. The smallest absolute Gasteiger partial charge is 0.166 e. The van der Waals surface area contributed by atoms with Crippen molar-refractivity contribution in [1.82, 2.24) is 0 Å². The molecule has 1 aliphatic rings. The Morgan fingerprint density at radius 1 is 1.41 bits per heavy atom. The molecular weight excluding hydrogens is 245 g/mol. The van der Waals surface area contributed by atoms with E-state index in [9.17, 15) is 4.39 Å². The zero-order valence-corrected chi connectivity index (χ0v) is 10.6. The average Bonchev–Trinajstić information content (AvgIpc) is 3.12. The van der Waals surface area contributed by atoms with Crippen molar-refractivity contribution in [2.24, 2.45) is 5.73 Å². The minimum Gasteiger partial charge on any atom is -0.493 e. The second-order valence-electron chi connectivity index (χ2n) is 4.27. The molecule has 1 aromatic carbocycles. The van der Waals surface area contributed by atoms with Gasteiger partial charge in [0.15, 0.2) is 11.5 Å². The lowest BCUT2D eigenvalue weighted by molar-refractivity contribution is 0.345. The van der Waals surface area contributed by atoms with Crippen molar-refractivity contribution in [3.8, 4) is 11.5 Å². The van der Waals surface area contributed by atoms with Crippen molar-refractivity contribution >= 4 is 11.6 Å². The van der Waals surface area contributed by atoms with Gasteiger partial charge in [0.05, 0.1) is 19.2 Å². The SMILES string of the molecule is COc1cc(F)c(Cl)c(C2(CN)CC2)c1OC. The highest BCUT2D eigenvalue weighted by molar-refractivity contribution is 6.32. The van der Waals surface area contributed by atoms with Crippen LogP contribution in [-0.4, -0.2) is 20.8 Å². The van der Waals surface area contributed by atoms with E-state index in [2.05, 4.69) is 0 Å². The van der Waals surface area contributed by atoms with Gasteiger partial charge in [-0.3, -0.25) is 0 Å². The van der Waals surface area contributed by atoms with Gasteiger partial charge in [-0.2, -0.15) is 0 Å². The Kier molecular flexibility index (Phi) is 3.19. The fraction of sp³-hybridized carbons (Fsp3) is 0.500. The molecule has 0 radical (unpaired) electrons. The Labute approximate surface area is 105 Å². The van der Waals surface area contributed by atoms with Gasteiger partial charge in [0.25, 0.3) is 0 Å². The molecule has 2 rings (SSSR count). The number of halogens is 2. The second-order valence-corrected chi connectivity index (χ2v) is 4.65. The van der Waals surface area contributed by atoms with Crippen molar-refractivity contribution in [2.75, 3.05) is 20.8 Å². The van der Waals surface area contributed by atoms with E-state index in [0.29, 0.717) is 23.6 Å². The Balaban J connectivity index is 2.66. The van der Waals surface area contributed by atoms with Gasteiger partial charge >= 0.3 is 0 Å². The second kappa shape index (κ2) is 4.35. The molecule has 0 amide bonds. The van der Waals surface area contributed by atoms with Crippen LogP contribution in [0.2, 0.25) is 5.02 Å². The average molecular weight is 260 g/mol. The fourth-order valence-corrected chi connectivity index (χ4v) is 2.46. The summed E-state index contributed by atoms with van der Waals surface area (Å²) in [6.45, 7) is 0.426. The largest absolute Gasteiger partial charge is 0.493 e. The molecule has 2 N–H and O–H groups in total. The zero-order chi connectivity index (χ0) is 12.6. The Bertz CT molecular complexity index is 447. The molecule has 0 spiro atoms. The van der Waals surface area contributed by atoms with Gasteiger partial charge in [-0.05, 0) is 12.8 Å². The first-order chi connectivity index (χ1) is 8.09. The third-order valence-corrected chi connectivity index (χ3v) is 3.71. The highest BCUT2D eigenvalue weighted by Crippen LogP contribution is 2.55. The Morgan fingerprint density at radius 2 is 2.06 bits per heavy atom. The molecule has 0 saturated heterocycles. The van der Waals surface area contributed by atoms with Crippen molar-refractivity contribution < 1.29 is 13.9 Å². The zero-order valence-electron chi connectivity index (χ0n) is 9.85. The third-order valence-electron chi connectivity index (χ3n) is 3.34. The quantitative estimate of drug-likeness (QED) is 0.904. The van der Waals surface area contributed by atoms with Gasteiger partial charge in [0, 0.05) is 23.6 Å². The summed E-state index contributed by atoms with van der Waals surface area (Å²) < 4.78 is 24.1. The summed E-state index contributed by atoms with van der Waals surface area (Å²) in [6, 6.07) is 1.23. The number of benzene rings is 1. The molecule has 0 unspecified atom stereocenters. The molecule has 1 aromatic rings. The molecule has 0 bridgehead atoms. The lowest BCUT2D eigenvalue weighted by atomic mass is 9.94. The van der Waals surface area contributed by atoms with Gasteiger partial charge in [0.2, 0.25) is 0 Å². The van der Waals surface area contributed by atoms with E-state index in [1.165, 1.54) is 20.3 Å². The van der Waals surface area contributed by atoms with Gasteiger partial charge in [-0.25, -0.2) is 4.39 Å². The van der Waals surface area contributed by atoms with E-state index in [1.807, 2.05) is 0 Å². The first-order valence-corrected chi connectivity index (χ1v) is 5.78. The minimum absolute atomic E-state index is 0.0885. The fourth-order valence-electron chi connectivity index (χ4n) is 2.12. The summed E-state index contributed by atoms with van der Waals surface area (Å²) >= 11 is 6.04. The van der Waals surface area contributed by atoms with Crippen LogP contribution < -0.4 is 15.2 Å². The summed E-state index contributed by atoms with van der Waals surface area (Å²) in [4.78, 5) is 0. The van der Waals surface area contributed by atoms with E-state index in [0.717, 1.165) is 12.8 Å². The maximum absolute atomic E-state index is 13.7. The molecule has 0 atom stereocenters. The predicted octanol–water partition coefficient (Wildman–Crippen LogP) is 2.49. The summed E-state index contributed by atoms with van der Waals surface area (Å²) in [5.41, 5.74) is 6.15. The van der Waals surface area contributed by atoms with Gasteiger partial charge in [-0.1, -0.05) is 11.6 Å². The summed E-state index contributed by atoms with van der Waals surface area (Å²) in [5, 5.41) is 0.0885. The number of hydrogen-bond acceptors (Lipinski definition) is 3. The normalized spacial score (nSPS) is 16.8. The van der Waals surface area contributed by atoms with Crippen LogP contribution in [0.15, 0.2) is 6.07 Å². The van der Waals surface area contributed by atoms with Crippen LogP contribution in [-0.2, 0) is 5.41 Å². The van der Waals surface area contributed by atoms with Crippen LogP contribution in [0.5, 0.6) is 11.5 Å². The van der Waals surface area contributed by atoms with E-state index < -0.39 is 5.82 Å². The molecule has 1 saturated carbocycles. The molecular formula is C12H15ClFNO2. The monoisotopic (exact) mass is 259 g/mol. The number of methoxy groups -OCH3 is 2. The molecule has 3 nitrogen and oxygen atoms in total. The molecule has 94 valence electrons. The number of ether oxygens (including phenoxy) is 2. The maximum atomic E-state index is 13.7. The highest BCUT2D eigenvalue weighted by atomic mass is 35.5. The number of rotatable bonds is 4. The molecule has 1 fully saturated rings.